The van der Waals surface area contributed by atoms with Gasteiger partial charge in [-0.15, -0.1) is 0 Å². The first-order valence-corrected chi connectivity index (χ1v) is 5.16. The fraction of sp³-hybridized carbons (Fsp3) is 0. The maximum absolute atomic E-state index is 13.6. The molecule has 0 fully saturated rings. The Kier molecular flexibility index (Phi) is 3.07. The standard InChI is InChI=1S/C14H8FNO2/c15-13-4-2-1-3-12(13)11-6-5-9(14(17)18)7-10(11)8-16/h1-7H,(H,17,18). The number of hydrogen-bond acceptors (Lipinski definition) is 2. The third-order valence-electron chi connectivity index (χ3n) is 2.55. The normalized spacial score (nSPS) is 9.78. The molecule has 4 heteroatoms. The van der Waals surface area contributed by atoms with Crippen LogP contribution in [0.15, 0.2) is 42.5 Å². The molecular formula is C14H8FNO2. The van der Waals surface area contributed by atoms with Gasteiger partial charge in [0.1, 0.15) is 5.82 Å². The maximum Gasteiger partial charge on any atom is 0.335 e. The minimum atomic E-state index is -1.12. The van der Waals surface area contributed by atoms with Crippen LogP contribution in [0.3, 0.4) is 0 Å². The smallest absolute Gasteiger partial charge is 0.335 e. The number of rotatable bonds is 2. The Morgan fingerprint density at radius 2 is 1.89 bits per heavy atom. The van der Waals surface area contributed by atoms with Gasteiger partial charge in [-0.25, -0.2) is 9.18 Å². The van der Waals surface area contributed by atoms with Crippen molar-refractivity contribution in [1.82, 2.24) is 0 Å². The Labute approximate surface area is 103 Å². The minimum absolute atomic E-state index is 0.00615. The molecule has 0 aromatic heterocycles. The zero-order valence-corrected chi connectivity index (χ0v) is 9.22. The van der Waals surface area contributed by atoms with Crippen molar-refractivity contribution in [2.45, 2.75) is 0 Å². The van der Waals surface area contributed by atoms with Crippen molar-refractivity contribution < 1.29 is 14.3 Å². The molecule has 88 valence electrons. The molecule has 0 spiro atoms. The number of carboxylic acid groups (broad SMARTS) is 1. The predicted octanol–water partition coefficient (Wildman–Crippen LogP) is 3.06. The first-order valence-electron chi connectivity index (χ1n) is 5.16. The van der Waals surface area contributed by atoms with Crippen LogP contribution in [0.4, 0.5) is 4.39 Å². The van der Waals surface area contributed by atoms with Crippen LogP contribution >= 0.6 is 0 Å². The highest BCUT2D eigenvalue weighted by molar-refractivity contribution is 5.89. The lowest BCUT2D eigenvalue weighted by molar-refractivity contribution is 0.0697. The Hall–Kier alpha value is -2.67. The van der Waals surface area contributed by atoms with Gasteiger partial charge in [0.15, 0.2) is 0 Å². The lowest BCUT2D eigenvalue weighted by Crippen LogP contribution is -1.98. The Bertz CT molecular complexity index is 659. The van der Waals surface area contributed by atoms with E-state index in [-0.39, 0.29) is 16.7 Å². The minimum Gasteiger partial charge on any atom is -0.478 e. The van der Waals surface area contributed by atoms with Crippen LogP contribution in [0.2, 0.25) is 0 Å². The van der Waals surface area contributed by atoms with Crippen LogP contribution in [-0.2, 0) is 0 Å². The number of carbonyl (C=O) groups is 1. The molecule has 0 atom stereocenters. The lowest BCUT2D eigenvalue weighted by atomic mass is 9.98. The molecule has 0 radical (unpaired) electrons. The SMILES string of the molecule is N#Cc1cc(C(=O)O)ccc1-c1ccccc1F. The Balaban J connectivity index is 2.63. The van der Waals surface area contributed by atoms with Gasteiger partial charge in [0.25, 0.3) is 0 Å². The van der Waals surface area contributed by atoms with E-state index in [1.807, 2.05) is 6.07 Å². The highest BCUT2D eigenvalue weighted by atomic mass is 19.1. The summed E-state index contributed by atoms with van der Waals surface area (Å²) in [5, 5.41) is 17.8. The van der Waals surface area contributed by atoms with Gasteiger partial charge in [0, 0.05) is 11.1 Å². The molecule has 0 unspecified atom stereocenters. The summed E-state index contributed by atoms with van der Waals surface area (Å²) in [6.07, 6.45) is 0. The molecule has 0 aliphatic rings. The molecule has 0 aliphatic carbocycles. The third-order valence-corrected chi connectivity index (χ3v) is 2.55. The average molecular weight is 241 g/mol. The molecular weight excluding hydrogens is 233 g/mol. The van der Waals surface area contributed by atoms with Crippen molar-refractivity contribution in [3.63, 3.8) is 0 Å². The van der Waals surface area contributed by atoms with Gasteiger partial charge in [0.05, 0.1) is 17.2 Å². The van der Waals surface area contributed by atoms with Crippen LogP contribution < -0.4 is 0 Å². The van der Waals surface area contributed by atoms with E-state index in [0.717, 1.165) is 0 Å². The Morgan fingerprint density at radius 1 is 1.17 bits per heavy atom. The van der Waals surface area contributed by atoms with Crippen molar-refractivity contribution in [2.75, 3.05) is 0 Å². The van der Waals surface area contributed by atoms with Gasteiger partial charge in [-0.05, 0) is 18.2 Å². The number of hydrogen-bond donors (Lipinski definition) is 1. The molecule has 0 aliphatic heterocycles. The number of halogens is 1. The first kappa shape index (κ1) is 11.8. The summed E-state index contributed by atoms with van der Waals surface area (Å²) in [4.78, 5) is 10.8. The second-order valence-electron chi connectivity index (χ2n) is 3.66. The topological polar surface area (TPSA) is 61.1 Å². The first-order chi connectivity index (χ1) is 8.63. The van der Waals surface area contributed by atoms with E-state index >= 15 is 0 Å². The number of nitriles is 1. The van der Waals surface area contributed by atoms with Gasteiger partial charge in [0.2, 0.25) is 0 Å². The van der Waals surface area contributed by atoms with Crippen molar-refractivity contribution in [3.05, 3.63) is 59.4 Å². The van der Waals surface area contributed by atoms with E-state index in [1.54, 1.807) is 18.2 Å². The molecule has 0 saturated heterocycles. The summed E-state index contributed by atoms with van der Waals surface area (Å²) in [7, 11) is 0. The van der Waals surface area contributed by atoms with Crippen LogP contribution in [0.5, 0.6) is 0 Å². The summed E-state index contributed by atoms with van der Waals surface area (Å²) in [6.45, 7) is 0. The van der Waals surface area contributed by atoms with E-state index in [0.29, 0.717) is 5.56 Å². The molecule has 18 heavy (non-hydrogen) atoms. The number of carboxylic acids is 1. The quantitative estimate of drug-likeness (QED) is 0.878. The Morgan fingerprint density at radius 3 is 2.50 bits per heavy atom. The molecule has 2 aromatic rings. The fourth-order valence-electron chi connectivity index (χ4n) is 1.68. The molecule has 3 nitrogen and oxygen atoms in total. The van der Waals surface area contributed by atoms with Crippen molar-refractivity contribution in [3.8, 4) is 17.2 Å². The summed E-state index contributed by atoms with van der Waals surface area (Å²) in [5.41, 5.74) is 0.818. The largest absolute Gasteiger partial charge is 0.478 e. The summed E-state index contributed by atoms with van der Waals surface area (Å²) in [6, 6.07) is 12.0. The third kappa shape index (κ3) is 2.06. The van der Waals surface area contributed by atoms with E-state index in [4.69, 9.17) is 10.4 Å². The van der Waals surface area contributed by atoms with Crippen LogP contribution in [0, 0.1) is 17.1 Å². The molecule has 0 heterocycles. The molecule has 0 amide bonds. The van der Waals surface area contributed by atoms with Gasteiger partial charge < -0.3 is 5.11 Å². The van der Waals surface area contributed by atoms with Crippen molar-refractivity contribution >= 4 is 5.97 Å². The molecule has 0 bridgehead atoms. The highest BCUT2D eigenvalue weighted by Crippen LogP contribution is 2.26. The monoisotopic (exact) mass is 241 g/mol. The van der Waals surface area contributed by atoms with Crippen LogP contribution in [0.1, 0.15) is 15.9 Å². The maximum atomic E-state index is 13.6. The van der Waals surface area contributed by atoms with E-state index in [1.165, 1.54) is 24.3 Å². The lowest BCUT2D eigenvalue weighted by Gasteiger charge is -2.06. The second kappa shape index (κ2) is 4.68. The van der Waals surface area contributed by atoms with Crippen molar-refractivity contribution in [1.29, 1.82) is 5.26 Å². The van der Waals surface area contributed by atoms with Gasteiger partial charge in [-0.1, -0.05) is 24.3 Å². The average Bonchev–Trinajstić information content (AvgIpc) is 2.38. The molecule has 2 aromatic carbocycles. The van der Waals surface area contributed by atoms with Gasteiger partial charge in [-0.3, -0.25) is 0 Å². The van der Waals surface area contributed by atoms with Gasteiger partial charge >= 0.3 is 5.97 Å². The fourth-order valence-corrected chi connectivity index (χ4v) is 1.68. The molecule has 1 N–H and O–H groups in total. The number of aromatic carboxylic acids is 1. The zero-order chi connectivity index (χ0) is 13.1. The van der Waals surface area contributed by atoms with E-state index in [2.05, 4.69) is 0 Å². The summed E-state index contributed by atoms with van der Waals surface area (Å²) in [5.74, 6) is -1.57. The number of benzene rings is 2. The van der Waals surface area contributed by atoms with E-state index in [9.17, 15) is 9.18 Å². The number of nitrogens with zero attached hydrogens (tertiary/aromatic N) is 1. The second-order valence-corrected chi connectivity index (χ2v) is 3.66. The van der Waals surface area contributed by atoms with Crippen molar-refractivity contribution in [2.24, 2.45) is 0 Å². The molecule has 0 saturated carbocycles. The highest BCUT2D eigenvalue weighted by Gasteiger charge is 2.12. The molecule has 2 rings (SSSR count). The summed E-state index contributed by atoms with van der Waals surface area (Å²) < 4.78 is 13.6. The van der Waals surface area contributed by atoms with Crippen LogP contribution in [0.25, 0.3) is 11.1 Å². The van der Waals surface area contributed by atoms with Gasteiger partial charge in [-0.2, -0.15) is 5.26 Å². The summed E-state index contributed by atoms with van der Waals surface area (Å²) >= 11 is 0. The zero-order valence-electron chi connectivity index (χ0n) is 9.22. The van der Waals surface area contributed by atoms with E-state index < -0.39 is 11.8 Å². The van der Waals surface area contributed by atoms with Crippen LogP contribution in [-0.4, -0.2) is 11.1 Å². The predicted molar refractivity (Wildman–Crippen MR) is 63.5 cm³/mol.